The molecule has 0 amide bonds. The van der Waals surface area contributed by atoms with Gasteiger partial charge >= 0.3 is 0 Å². The topological polar surface area (TPSA) is 84.1 Å². The summed E-state index contributed by atoms with van der Waals surface area (Å²) in [7, 11) is 0. The molecule has 1 saturated carbocycles. The van der Waals surface area contributed by atoms with E-state index < -0.39 is 11.6 Å². The van der Waals surface area contributed by atoms with E-state index in [1.54, 1.807) is 24.5 Å². The molecule has 2 fully saturated rings. The Morgan fingerprint density at radius 2 is 1.79 bits per heavy atom. The van der Waals surface area contributed by atoms with Crippen LogP contribution in [0.1, 0.15) is 41.6 Å². The third-order valence-electron chi connectivity index (χ3n) is 7.49. The van der Waals surface area contributed by atoms with Crippen LogP contribution >= 0.6 is 0 Å². The number of nitrogens with zero attached hydrogens (tertiary/aromatic N) is 3. The molecule has 2 aromatic heterocycles. The number of aromatic nitrogens is 2. The quantitative estimate of drug-likeness (QED) is 0.301. The zero-order valence-corrected chi connectivity index (χ0v) is 21.2. The summed E-state index contributed by atoms with van der Waals surface area (Å²) < 4.78 is 28.7. The Hall–Kier alpha value is -3.91. The first-order chi connectivity index (χ1) is 18.4. The van der Waals surface area contributed by atoms with Gasteiger partial charge in [0.2, 0.25) is 0 Å². The molecule has 0 spiro atoms. The highest BCUT2D eigenvalue weighted by molar-refractivity contribution is 6.11. The molecule has 1 aliphatic carbocycles. The lowest BCUT2D eigenvalue weighted by Crippen LogP contribution is -2.43. The zero-order valence-electron chi connectivity index (χ0n) is 21.2. The molecule has 1 aliphatic heterocycles. The molecular weight excluding hydrogens is 484 g/mol. The highest BCUT2D eigenvalue weighted by atomic mass is 19.1. The van der Waals surface area contributed by atoms with Crippen LogP contribution in [0.2, 0.25) is 0 Å². The SMILES string of the molecule is Cc1c(F)cc(-c2ccc3ncc(C(=O)C4CC4)c(Nc4ccc(N5CCCC(N)C5)nc4)c3c2)cc1F. The number of fused-ring (bicyclic) bond motifs is 1. The average Bonchev–Trinajstić information content (AvgIpc) is 3.77. The van der Waals surface area contributed by atoms with Gasteiger partial charge < -0.3 is 16.0 Å². The van der Waals surface area contributed by atoms with Gasteiger partial charge in [0.05, 0.1) is 28.7 Å². The van der Waals surface area contributed by atoms with Crippen molar-refractivity contribution in [3.63, 3.8) is 0 Å². The minimum atomic E-state index is -0.602. The maximum absolute atomic E-state index is 14.3. The molecule has 2 aromatic carbocycles. The van der Waals surface area contributed by atoms with E-state index in [0.29, 0.717) is 33.3 Å². The number of nitrogens with two attached hydrogens (primary N) is 1. The molecule has 194 valence electrons. The number of carbonyl (C=O) groups excluding carboxylic acids is 1. The van der Waals surface area contributed by atoms with Gasteiger partial charge in [-0.2, -0.15) is 0 Å². The summed E-state index contributed by atoms with van der Waals surface area (Å²) in [4.78, 5) is 24.6. The second kappa shape index (κ2) is 9.76. The van der Waals surface area contributed by atoms with Crippen LogP contribution in [0.3, 0.4) is 0 Å². The number of carbonyl (C=O) groups is 1. The van der Waals surface area contributed by atoms with Gasteiger partial charge in [-0.15, -0.1) is 0 Å². The van der Waals surface area contributed by atoms with Gasteiger partial charge in [-0.25, -0.2) is 13.8 Å². The van der Waals surface area contributed by atoms with Gasteiger partial charge in [0.15, 0.2) is 5.78 Å². The number of rotatable bonds is 6. The summed E-state index contributed by atoms with van der Waals surface area (Å²) in [6.45, 7) is 3.11. The van der Waals surface area contributed by atoms with E-state index >= 15 is 0 Å². The van der Waals surface area contributed by atoms with E-state index in [1.165, 1.54) is 19.1 Å². The highest BCUT2D eigenvalue weighted by Crippen LogP contribution is 2.39. The molecule has 0 bridgehead atoms. The van der Waals surface area contributed by atoms with E-state index in [9.17, 15) is 13.6 Å². The number of halogens is 2. The Morgan fingerprint density at radius 3 is 2.47 bits per heavy atom. The van der Waals surface area contributed by atoms with Gasteiger partial charge in [0.25, 0.3) is 0 Å². The monoisotopic (exact) mass is 513 g/mol. The fourth-order valence-electron chi connectivity index (χ4n) is 5.08. The Morgan fingerprint density at radius 1 is 1.00 bits per heavy atom. The zero-order chi connectivity index (χ0) is 26.4. The van der Waals surface area contributed by atoms with E-state index in [1.807, 2.05) is 18.2 Å². The van der Waals surface area contributed by atoms with E-state index in [2.05, 4.69) is 20.2 Å². The van der Waals surface area contributed by atoms with Crippen molar-refractivity contribution in [3.05, 3.63) is 77.6 Å². The summed E-state index contributed by atoms with van der Waals surface area (Å²) in [6, 6.07) is 12.1. The van der Waals surface area contributed by atoms with Crippen molar-refractivity contribution < 1.29 is 13.6 Å². The number of Topliss-reactive ketones (excluding diaryl/α,β-unsaturated/α-hetero) is 1. The molecule has 6 nitrogen and oxygen atoms in total. The number of anilines is 3. The molecule has 3 N–H and O–H groups in total. The van der Waals surface area contributed by atoms with Crippen LogP contribution in [0.15, 0.2) is 54.9 Å². The molecule has 8 heteroatoms. The number of hydrogen-bond donors (Lipinski definition) is 2. The minimum absolute atomic E-state index is 0.00193. The summed E-state index contributed by atoms with van der Waals surface area (Å²) >= 11 is 0. The first kappa shape index (κ1) is 24.4. The van der Waals surface area contributed by atoms with E-state index in [-0.39, 0.29) is 23.3 Å². The van der Waals surface area contributed by atoms with Crippen LogP contribution in [0.4, 0.5) is 26.0 Å². The molecular formula is C30H29F2N5O. The number of pyridine rings is 2. The molecule has 2 aliphatic rings. The lowest BCUT2D eigenvalue weighted by molar-refractivity contribution is 0.0968. The molecule has 3 heterocycles. The maximum atomic E-state index is 14.3. The van der Waals surface area contributed by atoms with E-state index in [4.69, 9.17) is 5.73 Å². The molecule has 4 aromatic rings. The van der Waals surface area contributed by atoms with Crippen LogP contribution in [-0.4, -0.2) is 34.9 Å². The highest BCUT2D eigenvalue weighted by Gasteiger charge is 2.32. The fraction of sp³-hybridized carbons (Fsp3) is 0.300. The number of hydrogen-bond acceptors (Lipinski definition) is 6. The number of piperidine rings is 1. The Kier molecular flexibility index (Phi) is 6.27. The summed E-state index contributed by atoms with van der Waals surface area (Å²) in [5.41, 5.74) is 9.70. The smallest absolute Gasteiger partial charge is 0.169 e. The van der Waals surface area contributed by atoms with Crippen LogP contribution in [0.5, 0.6) is 0 Å². The molecule has 1 saturated heterocycles. The summed E-state index contributed by atoms with van der Waals surface area (Å²) in [5, 5.41) is 4.11. The second-order valence-corrected chi connectivity index (χ2v) is 10.4. The van der Waals surface area contributed by atoms with Gasteiger partial charge in [-0.05, 0) is 80.1 Å². The van der Waals surface area contributed by atoms with Gasteiger partial charge in [-0.1, -0.05) is 6.07 Å². The fourth-order valence-corrected chi connectivity index (χ4v) is 5.08. The predicted molar refractivity (Wildman–Crippen MR) is 146 cm³/mol. The Balaban J connectivity index is 1.40. The van der Waals surface area contributed by atoms with Crippen LogP contribution in [0.25, 0.3) is 22.0 Å². The van der Waals surface area contributed by atoms with Crippen molar-refractivity contribution in [1.29, 1.82) is 0 Å². The van der Waals surface area contributed by atoms with E-state index in [0.717, 1.165) is 50.3 Å². The van der Waals surface area contributed by atoms with Crippen molar-refractivity contribution in [1.82, 2.24) is 9.97 Å². The summed E-state index contributed by atoms with van der Waals surface area (Å²) in [6.07, 6.45) is 7.16. The maximum Gasteiger partial charge on any atom is 0.169 e. The first-order valence-corrected chi connectivity index (χ1v) is 13.0. The van der Waals surface area contributed by atoms with Crippen molar-refractivity contribution in [2.75, 3.05) is 23.3 Å². The third-order valence-corrected chi connectivity index (χ3v) is 7.49. The minimum Gasteiger partial charge on any atom is -0.355 e. The van der Waals surface area contributed by atoms with Gasteiger partial charge in [-0.3, -0.25) is 9.78 Å². The standard InChI is InChI=1S/C30H29F2N5O/c1-17-25(31)12-20(13-26(17)32)19-6-8-27-23(11-19)29(24(15-34-27)30(38)18-4-5-18)36-22-7-9-28(35-14-22)37-10-2-3-21(33)16-37/h6-9,11-15,18,21H,2-5,10,16,33H2,1H3,(H,34,36). The molecule has 1 unspecified atom stereocenters. The molecule has 6 rings (SSSR count). The lowest BCUT2D eigenvalue weighted by Gasteiger charge is -2.31. The number of ketones is 1. The summed E-state index contributed by atoms with van der Waals surface area (Å²) in [5.74, 6) is -0.288. The molecule has 38 heavy (non-hydrogen) atoms. The first-order valence-electron chi connectivity index (χ1n) is 13.0. The molecule has 0 radical (unpaired) electrons. The Labute approximate surface area is 219 Å². The van der Waals surface area contributed by atoms with Crippen molar-refractivity contribution in [2.45, 2.75) is 38.6 Å². The molecule has 1 atom stereocenters. The van der Waals surface area contributed by atoms with Gasteiger partial charge in [0.1, 0.15) is 17.5 Å². The van der Waals surface area contributed by atoms with Gasteiger partial charge in [0, 0.05) is 42.2 Å². The van der Waals surface area contributed by atoms with Crippen LogP contribution < -0.4 is 16.0 Å². The lowest BCUT2D eigenvalue weighted by atomic mass is 9.98. The van der Waals surface area contributed by atoms with Crippen molar-refractivity contribution >= 4 is 33.9 Å². The average molecular weight is 514 g/mol. The Bertz CT molecular complexity index is 1510. The predicted octanol–water partition coefficient (Wildman–Crippen LogP) is 6.15. The van der Waals surface area contributed by atoms with Crippen LogP contribution in [0, 0.1) is 24.5 Å². The normalized spacial score (nSPS) is 17.6. The number of nitrogens with one attached hydrogen (secondary N) is 1. The number of benzene rings is 2. The van der Waals surface area contributed by atoms with Crippen LogP contribution in [-0.2, 0) is 0 Å². The van der Waals surface area contributed by atoms with Crippen molar-refractivity contribution in [2.24, 2.45) is 11.7 Å². The second-order valence-electron chi connectivity index (χ2n) is 10.4. The largest absolute Gasteiger partial charge is 0.355 e. The van der Waals surface area contributed by atoms with Crippen molar-refractivity contribution in [3.8, 4) is 11.1 Å². The third kappa shape index (κ3) is 4.72.